The Bertz CT molecular complexity index is 5420. The van der Waals surface area contributed by atoms with Gasteiger partial charge >= 0.3 is 0 Å². The van der Waals surface area contributed by atoms with Crippen molar-refractivity contribution in [2.75, 3.05) is 49.4 Å². The highest BCUT2D eigenvalue weighted by molar-refractivity contribution is 5.92. The van der Waals surface area contributed by atoms with Crippen LogP contribution in [0.25, 0.3) is 33.4 Å². The zero-order valence-electron chi connectivity index (χ0n) is 60.8. The van der Waals surface area contributed by atoms with Crippen molar-refractivity contribution in [3.8, 4) is 67.9 Å². The number of anilines is 6. The third kappa shape index (κ3) is 12.5. The summed E-state index contributed by atoms with van der Waals surface area (Å²) in [6, 6.07) is 98.2. The van der Waals surface area contributed by atoms with E-state index in [2.05, 4.69) is 146 Å². The van der Waals surface area contributed by atoms with E-state index < -0.39 is 34.1 Å². The van der Waals surface area contributed by atoms with Crippen molar-refractivity contribution >= 4 is 34.1 Å². The van der Waals surface area contributed by atoms with Crippen LogP contribution in [0.3, 0.4) is 0 Å². The molecule has 0 heterocycles. The van der Waals surface area contributed by atoms with Crippen molar-refractivity contribution < 1.29 is 46.0 Å². The van der Waals surface area contributed by atoms with Gasteiger partial charge in [-0.1, -0.05) is 146 Å². The molecule has 0 aliphatic heterocycles. The number of halogens is 4. The molecular weight excluding hydrogens is 1380 g/mol. The molecule has 0 saturated carbocycles. The predicted molar refractivity (Wildman–Crippen MR) is 428 cm³/mol. The van der Waals surface area contributed by atoms with Crippen LogP contribution in [0.1, 0.15) is 80.6 Å². The van der Waals surface area contributed by atoms with Gasteiger partial charge in [-0.3, -0.25) is 0 Å². The highest BCUT2D eigenvalue weighted by Gasteiger charge is 2.48. The first-order chi connectivity index (χ1) is 54.0. The molecule has 12 heteroatoms. The van der Waals surface area contributed by atoms with Crippen molar-refractivity contribution in [1.82, 2.24) is 0 Å². The van der Waals surface area contributed by atoms with Gasteiger partial charge in [0.15, 0.2) is 0 Å². The minimum atomic E-state index is -0.919. The molecule has 4 aliphatic carbocycles. The van der Waals surface area contributed by atoms with E-state index in [4.69, 9.17) is 28.4 Å². The van der Waals surface area contributed by atoms with Crippen LogP contribution in [-0.4, -0.2) is 39.6 Å². The van der Waals surface area contributed by atoms with Gasteiger partial charge in [-0.15, -0.1) is 0 Å². The van der Waals surface area contributed by atoms with Crippen LogP contribution in [0, 0.1) is 23.3 Å². The van der Waals surface area contributed by atoms with E-state index >= 15 is 17.6 Å². The molecule has 0 spiro atoms. The van der Waals surface area contributed by atoms with Gasteiger partial charge in [0, 0.05) is 48.1 Å². The number of rotatable bonds is 25. The molecule has 542 valence electrons. The SMILES string of the molecule is CCOCCOc1ccc(C2(c3ccc(Oc4ccc5c(c4)CC5)cc3)c3ccccc3-c3ccc(N(c4ccc(-c5ccc(N(c6ccc7c(c6)C(c6ccc(OCCOCC)cc6)(c6ccc(Oc8ccc9c(c8)CC9)cc6)c6ccccc6-7)c6ccc(F)cc6F)cc5)cc4)c4ccc(F)cc4F)cc32)cc1. The Hall–Kier alpha value is -12.5. The maximum absolute atomic E-state index is 16.9. The fourth-order valence-electron chi connectivity index (χ4n) is 16.8. The molecule has 8 nitrogen and oxygen atoms in total. The van der Waals surface area contributed by atoms with Crippen molar-refractivity contribution in [2.45, 2.75) is 50.4 Å². The second kappa shape index (κ2) is 29.2. The van der Waals surface area contributed by atoms with Gasteiger partial charge in [0.05, 0.1) is 35.4 Å². The Balaban J connectivity index is 0.714. The summed E-state index contributed by atoms with van der Waals surface area (Å²) in [5.41, 5.74) is 20.0. The average molecular weight is 1450 g/mol. The fraction of sp³-hybridized carbons (Fsp3) is 0.143. The minimum absolute atomic E-state index is 0.145. The summed E-state index contributed by atoms with van der Waals surface area (Å²) in [5, 5.41) is 0. The van der Waals surface area contributed by atoms with Crippen molar-refractivity contribution in [3.63, 3.8) is 0 Å². The van der Waals surface area contributed by atoms with Crippen molar-refractivity contribution in [2.24, 2.45) is 0 Å². The predicted octanol–water partition coefficient (Wildman–Crippen LogP) is 24.2. The molecule has 14 aromatic carbocycles. The van der Waals surface area contributed by atoms with E-state index in [9.17, 15) is 0 Å². The topological polar surface area (TPSA) is 61.9 Å². The number of nitrogens with zero attached hydrogens (tertiary/aromatic N) is 2. The van der Waals surface area contributed by atoms with E-state index in [1.807, 2.05) is 145 Å². The van der Waals surface area contributed by atoms with Crippen LogP contribution in [0.4, 0.5) is 51.7 Å². The summed E-state index contributed by atoms with van der Waals surface area (Å²) < 4.78 is 101. The van der Waals surface area contributed by atoms with Crippen LogP contribution < -0.4 is 28.7 Å². The molecule has 18 rings (SSSR count). The normalized spacial score (nSPS) is 15.2. The molecule has 0 N–H and O–H groups in total. The lowest BCUT2D eigenvalue weighted by Crippen LogP contribution is -2.29. The molecule has 110 heavy (non-hydrogen) atoms. The third-order valence-corrected chi connectivity index (χ3v) is 22.2. The van der Waals surface area contributed by atoms with Gasteiger partial charge in [0.25, 0.3) is 0 Å². The molecule has 4 aliphatic rings. The molecule has 0 saturated heterocycles. The van der Waals surface area contributed by atoms with Crippen LogP contribution in [-0.2, 0) is 46.0 Å². The number of aryl methyl sites for hydroxylation is 4. The molecule has 0 radical (unpaired) electrons. The smallest absolute Gasteiger partial charge is 0.150 e. The standard InChI is InChI=1S/C98H76F4N2O6/c1-3-105-53-55-107-79-41-23-69(24-42-79)97(71-27-45-81(46-28-71)109-83-39-21-65-13-15-67(65)57-83)89-11-7-5-9-85(89)87-49-37-77(61-91(87)97)103(95-51-31-73(99)59-93(95)101)75-33-17-63(18-34-75)64-19-35-76(36-20-64)104(96-52-32-74(100)60-94(96)102)78-38-50-88-86-10-6-8-12-90(86)98(92(88)62-78,70-25-43-80(44-26-70)108-56-54-106-4-2)72-29-47-82(48-30-72)110-84-40-22-66-14-16-68(66)58-84/h5-12,17-52,57-62H,3-4,13-16,53-56H2,1-2H3. The molecule has 2 atom stereocenters. The van der Waals surface area contributed by atoms with Gasteiger partial charge in [-0.05, 0) is 285 Å². The van der Waals surface area contributed by atoms with Crippen molar-refractivity contribution in [1.29, 1.82) is 0 Å². The second-order valence-corrected chi connectivity index (χ2v) is 28.3. The zero-order chi connectivity index (χ0) is 74.5. The molecule has 0 aromatic heterocycles. The van der Waals surface area contributed by atoms with Crippen LogP contribution in [0.2, 0.25) is 0 Å². The Kier molecular flexibility index (Phi) is 18.4. The Labute approximate surface area is 637 Å². The highest BCUT2D eigenvalue weighted by atomic mass is 19.1. The van der Waals surface area contributed by atoms with E-state index in [-0.39, 0.29) is 11.4 Å². The maximum atomic E-state index is 16.9. The Morgan fingerprint density at radius 1 is 0.291 bits per heavy atom. The largest absolute Gasteiger partial charge is 0.491 e. The van der Waals surface area contributed by atoms with Crippen LogP contribution in [0.5, 0.6) is 34.5 Å². The zero-order valence-corrected chi connectivity index (χ0v) is 60.8. The van der Waals surface area contributed by atoms with Crippen LogP contribution >= 0.6 is 0 Å². The first kappa shape index (κ1) is 69.3. The summed E-state index contributed by atoms with van der Waals surface area (Å²) in [6.45, 7) is 6.82. The third-order valence-electron chi connectivity index (χ3n) is 22.2. The Morgan fingerprint density at radius 3 is 0.991 bits per heavy atom. The lowest BCUT2D eigenvalue weighted by Gasteiger charge is -2.35. The average Bonchev–Trinajstić information content (AvgIpc) is 1.72. The van der Waals surface area contributed by atoms with E-state index in [1.165, 1.54) is 46.5 Å². The molecule has 14 aromatic rings. The van der Waals surface area contributed by atoms with Gasteiger partial charge in [0.2, 0.25) is 0 Å². The lowest BCUT2D eigenvalue weighted by atomic mass is 9.67. The van der Waals surface area contributed by atoms with E-state index in [1.54, 1.807) is 0 Å². The summed E-state index contributed by atoms with van der Waals surface area (Å²) in [5.74, 6) is 1.49. The van der Waals surface area contributed by atoms with Gasteiger partial charge < -0.3 is 38.2 Å². The van der Waals surface area contributed by atoms with E-state index in [0.717, 1.165) is 127 Å². The number of ether oxygens (including phenoxy) is 6. The number of hydrogen-bond acceptors (Lipinski definition) is 8. The van der Waals surface area contributed by atoms with E-state index in [0.29, 0.717) is 85.4 Å². The number of fused-ring (bicyclic) bond motifs is 8. The van der Waals surface area contributed by atoms with Crippen molar-refractivity contribution in [3.05, 3.63) is 393 Å². The first-order valence-electron chi connectivity index (χ1n) is 37.6. The number of benzene rings is 14. The maximum Gasteiger partial charge on any atom is 0.150 e. The first-order valence-corrected chi connectivity index (χ1v) is 37.6. The van der Waals surface area contributed by atoms with Gasteiger partial charge in [-0.2, -0.15) is 0 Å². The molecular formula is C98H76F4N2O6. The van der Waals surface area contributed by atoms with Gasteiger partial charge in [-0.25, -0.2) is 17.6 Å². The monoisotopic (exact) mass is 1450 g/mol. The quantitative estimate of drug-likeness (QED) is 0.0414. The molecule has 0 fully saturated rings. The number of hydrogen-bond donors (Lipinski definition) is 0. The minimum Gasteiger partial charge on any atom is -0.491 e. The summed E-state index contributed by atoms with van der Waals surface area (Å²) in [6.07, 6.45) is 4.24. The summed E-state index contributed by atoms with van der Waals surface area (Å²) in [7, 11) is 0. The molecule has 0 amide bonds. The molecule has 0 bridgehead atoms. The molecule has 2 unspecified atom stereocenters. The summed E-state index contributed by atoms with van der Waals surface area (Å²) in [4.78, 5) is 3.67. The van der Waals surface area contributed by atoms with Crippen LogP contribution in [0.15, 0.2) is 303 Å². The second-order valence-electron chi connectivity index (χ2n) is 28.3. The Morgan fingerprint density at radius 2 is 0.636 bits per heavy atom. The highest BCUT2D eigenvalue weighted by Crippen LogP contribution is 2.60. The summed E-state index contributed by atoms with van der Waals surface area (Å²) >= 11 is 0. The lowest BCUT2D eigenvalue weighted by molar-refractivity contribution is 0.110. The van der Waals surface area contributed by atoms with Gasteiger partial charge in [0.1, 0.15) is 71.0 Å². The fourth-order valence-corrected chi connectivity index (χ4v) is 16.8.